The quantitative estimate of drug-likeness (QED) is 0.244. The summed E-state index contributed by atoms with van der Waals surface area (Å²) in [5.74, 6) is -2.18. The first-order chi connectivity index (χ1) is 19.2. The van der Waals surface area contributed by atoms with Crippen LogP contribution in [0.3, 0.4) is 0 Å². The van der Waals surface area contributed by atoms with Gasteiger partial charge < -0.3 is 14.4 Å². The zero-order chi connectivity index (χ0) is 28.3. The molecule has 0 amide bonds. The van der Waals surface area contributed by atoms with Gasteiger partial charge in [-0.15, -0.1) is 0 Å². The summed E-state index contributed by atoms with van der Waals surface area (Å²) in [5, 5.41) is 8.91. The molecule has 5 rings (SSSR count). The van der Waals surface area contributed by atoms with Gasteiger partial charge in [-0.2, -0.15) is 18.2 Å². The van der Waals surface area contributed by atoms with Crippen LogP contribution >= 0.6 is 0 Å². The first-order valence-electron chi connectivity index (χ1n) is 13.0. The molecule has 1 aliphatic heterocycles. The Morgan fingerprint density at radius 1 is 0.850 bits per heavy atom. The van der Waals surface area contributed by atoms with E-state index >= 15 is 0 Å². The molecule has 1 fully saturated rings. The number of rotatable bonds is 8. The second kappa shape index (κ2) is 11.4. The van der Waals surface area contributed by atoms with Crippen molar-refractivity contribution in [1.82, 2.24) is 4.98 Å². The fourth-order valence-corrected chi connectivity index (χ4v) is 5.02. The second-order valence-corrected chi connectivity index (χ2v) is 9.91. The highest BCUT2D eigenvalue weighted by Crippen LogP contribution is 2.37. The van der Waals surface area contributed by atoms with Crippen molar-refractivity contribution in [3.05, 3.63) is 107 Å². The summed E-state index contributed by atoms with van der Waals surface area (Å²) in [7, 11) is 0. The largest absolute Gasteiger partial charge is 0.481 e. The molecule has 206 valence electrons. The molecule has 0 aliphatic carbocycles. The van der Waals surface area contributed by atoms with E-state index in [-0.39, 0.29) is 18.9 Å². The highest BCUT2D eigenvalue weighted by molar-refractivity contribution is 5.96. The van der Waals surface area contributed by atoms with Crippen molar-refractivity contribution in [1.29, 1.82) is 0 Å². The lowest BCUT2D eigenvalue weighted by atomic mass is 9.90. The van der Waals surface area contributed by atoms with Crippen molar-refractivity contribution < 1.29 is 32.3 Å². The van der Waals surface area contributed by atoms with E-state index in [1.165, 1.54) is 5.56 Å². The first kappa shape index (κ1) is 27.2. The number of carbonyl (C=O) groups is 2. The summed E-state index contributed by atoms with van der Waals surface area (Å²) in [6.07, 6.45) is -3.69. The second-order valence-electron chi connectivity index (χ2n) is 9.91. The molecule has 0 atom stereocenters. The third-order valence-electron chi connectivity index (χ3n) is 7.14. The van der Waals surface area contributed by atoms with E-state index in [0.29, 0.717) is 30.1 Å². The minimum Gasteiger partial charge on any atom is -0.481 e. The van der Waals surface area contributed by atoms with Gasteiger partial charge in [0, 0.05) is 19.5 Å². The number of Topliss-reactive ketones (excluding diaryl/α,β-unsaturated/α-hetero) is 1. The molecular weight excluding hydrogens is 521 g/mol. The molecule has 9 heteroatoms. The predicted octanol–water partition coefficient (Wildman–Crippen LogP) is 6.80. The summed E-state index contributed by atoms with van der Waals surface area (Å²) in [6.45, 7) is 0.952. The lowest BCUT2D eigenvalue weighted by Crippen LogP contribution is -2.33. The third-order valence-corrected chi connectivity index (χ3v) is 7.14. The lowest BCUT2D eigenvalue weighted by molar-refractivity contribution is -0.141. The fraction of sp³-hybridized carbons (Fsp3) is 0.258. The number of ketones is 1. The molecule has 1 saturated heterocycles. The minimum atomic E-state index is -4.83. The van der Waals surface area contributed by atoms with Crippen LogP contribution in [-0.2, 0) is 23.8 Å². The number of carboxylic acids is 1. The Labute approximate surface area is 229 Å². The lowest BCUT2D eigenvalue weighted by Gasteiger charge is -2.31. The monoisotopic (exact) mass is 548 g/mol. The summed E-state index contributed by atoms with van der Waals surface area (Å²) in [6, 6.07) is 23.7. The smallest absolute Gasteiger partial charge is 0.437 e. The maximum Gasteiger partial charge on any atom is 0.437 e. The number of carbonyl (C=O) groups excluding carboxylic acids is 1. The third kappa shape index (κ3) is 6.25. The van der Waals surface area contributed by atoms with Crippen LogP contribution in [0.2, 0.25) is 0 Å². The zero-order valence-corrected chi connectivity index (χ0v) is 21.5. The average molecular weight is 549 g/mol. The molecule has 0 bridgehead atoms. The van der Waals surface area contributed by atoms with Gasteiger partial charge in [0.15, 0.2) is 5.69 Å². The Hall–Kier alpha value is -4.40. The molecular formula is C31H27F3N2O4. The molecule has 4 aromatic rings. The van der Waals surface area contributed by atoms with Gasteiger partial charge in [0.05, 0.1) is 6.42 Å². The SMILES string of the molecule is O=C(O)Cc1ccc(-c2ccc(CC(=O)c3oc(N4CCC(c5ccccc5)CC4)nc3C(F)(F)F)cc2)cc1. The van der Waals surface area contributed by atoms with Crippen molar-refractivity contribution in [2.24, 2.45) is 0 Å². The van der Waals surface area contributed by atoms with Crippen molar-refractivity contribution in [2.45, 2.75) is 37.8 Å². The molecule has 3 aromatic carbocycles. The maximum atomic E-state index is 13.8. The molecule has 0 spiro atoms. The molecule has 1 aliphatic rings. The molecule has 2 heterocycles. The number of hydrogen-bond acceptors (Lipinski definition) is 5. The van der Waals surface area contributed by atoms with E-state index in [4.69, 9.17) is 9.52 Å². The first-order valence-corrected chi connectivity index (χ1v) is 13.0. The molecule has 0 saturated carbocycles. The average Bonchev–Trinajstić information content (AvgIpc) is 3.41. The normalized spacial score (nSPS) is 14.3. The summed E-state index contributed by atoms with van der Waals surface area (Å²) in [4.78, 5) is 29.3. The zero-order valence-electron chi connectivity index (χ0n) is 21.5. The van der Waals surface area contributed by atoms with Crippen LogP contribution in [0.5, 0.6) is 0 Å². The number of halogens is 3. The van der Waals surface area contributed by atoms with Crippen molar-refractivity contribution in [2.75, 3.05) is 18.0 Å². The van der Waals surface area contributed by atoms with E-state index in [9.17, 15) is 22.8 Å². The van der Waals surface area contributed by atoms with Crippen LogP contribution in [0, 0.1) is 0 Å². The van der Waals surface area contributed by atoms with Crippen LogP contribution < -0.4 is 4.90 Å². The minimum absolute atomic E-state index is 0.0729. The molecule has 1 N–H and O–H groups in total. The van der Waals surface area contributed by atoms with Gasteiger partial charge in [-0.3, -0.25) is 9.59 Å². The van der Waals surface area contributed by atoms with Crippen LogP contribution in [0.15, 0.2) is 83.3 Å². The van der Waals surface area contributed by atoms with Gasteiger partial charge in [0.1, 0.15) is 0 Å². The Balaban J connectivity index is 1.28. The Kier molecular flexibility index (Phi) is 7.73. The number of nitrogens with zero attached hydrogens (tertiary/aromatic N) is 2. The Morgan fingerprint density at radius 2 is 1.40 bits per heavy atom. The van der Waals surface area contributed by atoms with Gasteiger partial charge in [-0.05, 0) is 46.6 Å². The molecule has 6 nitrogen and oxygen atoms in total. The summed E-state index contributed by atoms with van der Waals surface area (Å²) >= 11 is 0. The van der Waals surface area contributed by atoms with E-state index in [1.807, 2.05) is 18.2 Å². The van der Waals surface area contributed by atoms with E-state index in [1.54, 1.807) is 53.4 Å². The number of anilines is 1. The van der Waals surface area contributed by atoms with Crippen LogP contribution in [0.4, 0.5) is 19.2 Å². The van der Waals surface area contributed by atoms with Gasteiger partial charge in [0.25, 0.3) is 6.01 Å². The predicted molar refractivity (Wildman–Crippen MR) is 143 cm³/mol. The topological polar surface area (TPSA) is 83.6 Å². The highest BCUT2D eigenvalue weighted by Gasteiger charge is 2.42. The van der Waals surface area contributed by atoms with Gasteiger partial charge >= 0.3 is 12.1 Å². The van der Waals surface area contributed by atoms with Crippen LogP contribution in [0.1, 0.15) is 51.7 Å². The number of carboxylic acid groups (broad SMARTS) is 1. The van der Waals surface area contributed by atoms with Crippen LogP contribution in [0.25, 0.3) is 11.1 Å². The van der Waals surface area contributed by atoms with E-state index in [2.05, 4.69) is 17.1 Å². The van der Waals surface area contributed by atoms with Crippen molar-refractivity contribution in [3.8, 4) is 11.1 Å². The highest BCUT2D eigenvalue weighted by atomic mass is 19.4. The number of alkyl halides is 3. The maximum absolute atomic E-state index is 13.8. The van der Waals surface area contributed by atoms with Crippen molar-refractivity contribution in [3.63, 3.8) is 0 Å². The number of hydrogen-bond donors (Lipinski definition) is 1. The standard InChI is InChI=1S/C31H27F3N2O4/c32-31(33,34)29-28(40-30(35-29)36-16-14-25(15-17-36)22-4-2-1-3-5-22)26(37)18-20-6-10-23(11-7-20)24-12-8-21(9-13-24)19-27(38)39/h1-13,25H,14-19H2,(H,38,39). The number of aromatic nitrogens is 1. The summed E-state index contributed by atoms with van der Waals surface area (Å²) < 4.78 is 47.0. The Bertz CT molecular complexity index is 1470. The van der Waals surface area contributed by atoms with Crippen molar-refractivity contribution >= 4 is 17.8 Å². The Morgan fingerprint density at radius 3 is 1.93 bits per heavy atom. The number of aliphatic carboxylic acids is 1. The molecule has 0 radical (unpaired) electrons. The molecule has 1 aromatic heterocycles. The van der Waals surface area contributed by atoms with Gasteiger partial charge in [0.2, 0.25) is 11.5 Å². The van der Waals surface area contributed by atoms with E-state index < -0.39 is 29.4 Å². The summed E-state index contributed by atoms with van der Waals surface area (Å²) in [5.41, 5.74) is 2.78. The number of oxazole rings is 1. The van der Waals surface area contributed by atoms with Gasteiger partial charge in [-0.1, -0.05) is 78.9 Å². The number of benzene rings is 3. The molecule has 0 unspecified atom stereocenters. The van der Waals surface area contributed by atoms with E-state index in [0.717, 1.165) is 24.0 Å². The fourth-order valence-electron chi connectivity index (χ4n) is 5.02. The van der Waals surface area contributed by atoms with Crippen LogP contribution in [-0.4, -0.2) is 34.9 Å². The van der Waals surface area contributed by atoms with Gasteiger partial charge in [-0.25, -0.2) is 0 Å². The number of piperidine rings is 1. The molecule has 40 heavy (non-hydrogen) atoms.